The maximum Gasteiger partial charge on any atom is 0.313 e. The van der Waals surface area contributed by atoms with Gasteiger partial charge in [0.1, 0.15) is 28.0 Å². The van der Waals surface area contributed by atoms with E-state index in [1.54, 1.807) is 5.51 Å². The number of anilines is 1. The summed E-state index contributed by atoms with van der Waals surface area (Å²) in [4.78, 5) is 59.2. The van der Waals surface area contributed by atoms with Crippen molar-refractivity contribution < 1.29 is 29.1 Å². The van der Waals surface area contributed by atoms with Crippen molar-refractivity contribution in [2.24, 2.45) is 10.6 Å². The number of oxime groups is 1. The number of carboxylic acids is 1. The molecule has 2 unspecified atom stereocenters. The highest BCUT2D eigenvalue weighted by Crippen LogP contribution is 2.44. The first kappa shape index (κ1) is 25.9. The number of β-lactam (4-membered cyclic amide) rings is 1. The van der Waals surface area contributed by atoms with Crippen LogP contribution in [0, 0.1) is 17.8 Å². The average molecular weight is 568 g/mol. The largest absolute Gasteiger partial charge is 0.481 e. The van der Waals surface area contributed by atoms with Gasteiger partial charge in [-0.3, -0.25) is 19.2 Å². The summed E-state index contributed by atoms with van der Waals surface area (Å²) in [5.74, 6) is 0.556. The minimum atomic E-state index is -1.17. The Hall–Kier alpha value is -3.20. The van der Waals surface area contributed by atoms with Crippen LogP contribution in [0.5, 0.6) is 0 Å². The molecule has 3 N–H and O–H groups in total. The molecule has 0 saturated carbocycles. The zero-order chi connectivity index (χ0) is 25.7. The first-order valence-corrected chi connectivity index (χ1v) is 13.8. The van der Waals surface area contributed by atoms with Crippen LogP contribution in [-0.2, 0) is 24.0 Å². The summed E-state index contributed by atoms with van der Waals surface area (Å²) < 4.78 is 0.648. The second kappa shape index (κ2) is 11.2. The van der Waals surface area contributed by atoms with Crippen LogP contribution in [0.2, 0.25) is 0 Å². The number of hydrogen-bond acceptors (Lipinski definition) is 13. The Labute approximate surface area is 220 Å². The van der Waals surface area contributed by atoms with Crippen LogP contribution >= 0.6 is 46.2 Å². The maximum absolute atomic E-state index is 13.0. The second-order valence-corrected chi connectivity index (χ2v) is 11.4. The molecule has 0 aromatic carbocycles. The Morgan fingerprint density at radius 2 is 2.31 bits per heavy atom. The predicted molar refractivity (Wildman–Crippen MR) is 134 cm³/mol. The van der Waals surface area contributed by atoms with E-state index in [0.717, 1.165) is 11.3 Å². The van der Waals surface area contributed by atoms with Gasteiger partial charge >= 0.3 is 5.97 Å². The standard InChI is InChI=1S/C19H17N7O6S4/c1-2-3-32-25-11(10-4-33-17(22-10)20-8-27)13(28)23-12-14(29)26-5-19(16(30)31,6-34-15(12)26)7-35-18-24-21-9-36-18/h1,4,8-9,12,15H,3,5-7H2,(H,23,28)(H,30,31)(H,20,22,27)/t12?,15-,19?/m1/s1. The summed E-state index contributed by atoms with van der Waals surface area (Å²) >= 11 is 4.95. The van der Waals surface area contributed by atoms with E-state index in [2.05, 4.69) is 36.9 Å². The van der Waals surface area contributed by atoms with Crippen molar-refractivity contribution in [2.75, 3.05) is 30.0 Å². The van der Waals surface area contributed by atoms with Gasteiger partial charge in [-0.15, -0.1) is 39.7 Å². The highest BCUT2D eigenvalue weighted by Gasteiger charge is 2.57. The summed E-state index contributed by atoms with van der Waals surface area (Å²) in [6.45, 7) is -0.183. The lowest BCUT2D eigenvalue weighted by atomic mass is 9.89. The second-order valence-electron chi connectivity index (χ2n) is 7.42. The van der Waals surface area contributed by atoms with Gasteiger partial charge in [-0.1, -0.05) is 34.2 Å². The summed E-state index contributed by atoms with van der Waals surface area (Å²) in [5.41, 5.74) is 0.298. The van der Waals surface area contributed by atoms with Crippen molar-refractivity contribution in [3.05, 3.63) is 16.6 Å². The van der Waals surface area contributed by atoms with Crippen LogP contribution in [0.25, 0.3) is 0 Å². The minimum absolute atomic E-state index is 0.00997. The lowest BCUT2D eigenvalue weighted by Crippen LogP contribution is -2.74. The maximum atomic E-state index is 13.0. The lowest BCUT2D eigenvalue weighted by molar-refractivity contribution is -0.157. The third kappa shape index (κ3) is 5.31. The fourth-order valence-corrected chi connectivity index (χ4v) is 7.38. The van der Waals surface area contributed by atoms with E-state index in [1.165, 1.54) is 45.1 Å². The number of rotatable bonds is 11. The summed E-state index contributed by atoms with van der Waals surface area (Å²) in [5, 5.41) is 27.7. The number of carbonyl (C=O) groups is 4. The molecule has 4 heterocycles. The van der Waals surface area contributed by atoms with Crippen LogP contribution in [-0.4, -0.2) is 91.2 Å². The number of amides is 3. The number of thiazole rings is 1. The van der Waals surface area contributed by atoms with Crippen LogP contribution in [0.15, 0.2) is 20.4 Å². The normalized spacial score (nSPS) is 23.1. The van der Waals surface area contributed by atoms with E-state index in [-0.39, 0.29) is 41.2 Å². The molecular weight excluding hydrogens is 551 g/mol. The number of fused-ring (bicyclic) bond motifs is 1. The molecule has 17 heteroatoms. The SMILES string of the molecule is C#CCON=C(C(=O)NC1C(=O)N2CC(CSc3nncs3)(C(=O)O)CS[C@H]12)c1csc(NC=O)n1. The molecule has 0 spiro atoms. The van der Waals surface area contributed by atoms with E-state index in [1.807, 2.05) is 0 Å². The number of nitrogens with zero attached hydrogens (tertiary/aromatic N) is 5. The smallest absolute Gasteiger partial charge is 0.313 e. The topological polar surface area (TPSA) is 176 Å². The molecule has 2 aromatic rings. The van der Waals surface area contributed by atoms with Crippen molar-refractivity contribution in [3.63, 3.8) is 0 Å². The molecule has 2 saturated heterocycles. The number of aromatic nitrogens is 3. The predicted octanol–water partition coefficient (Wildman–Crippen LogP) is 0.180. The molecule has 3 atom stereocenters. The molecule has 0 radical (unpaired) electrons. The number of carboxylic acid groups (broad SMARTS) is 1. The number of carbonyl (C=O) groups excluding carboxylic acids is 3. The van der Waals surface area contributed by atoms with Crippen molar-refractivity contribution in [1.82, 2.24) is 25.4 Å². The Balaban J connectivity index is 1.44. The van der Waals surface area contributed by atoms with Crippen molar-refractivity contribution in [3.8, 4) is 12.3 Å². The van der Waals surface area contributed by atoms with Gasteiger partial charge in [0.05, 0.1) is 0 Å². The first-order valence-electron chi connectivity index (χ1n) is 10.0. The molecular formula is C19H17N7O6S4. The third-order valence-electron chi connectivity index (χ3n) is 5.15. The van der Waals surface area contributed by atoms with Gasteiger partial charge in [-0.25, -0.2) is 4.98 Å². The Bertz CT molecular complexity index is 1230. The van der Waals surface area contributed by atoms with E-state index in [4.69, 9.17) is 11.3 Å². The summed E-state index contributed by atoms with van der Waals surface area (Å²) in [7, 11) is 0. The monoisotopic (exact) mass is 567 g/mol. The quantitative estimate of drug-likeness (QED) is 0.0642. The summed E-state index contributed by atoms with van der Waals surface area (Å²) in [6, 6.07) is -0.880. The highest BCUT2D eigenvalue weighted by atomic mass is 32.2. The van der Waals surface area contributed by atoms with Gasteiger partial charge < -0.3 is 25.5 Å². The molecule has 3 amide bonds. The van der Waals surface area contributed by atoms with E-state index >= 15 is 0 Å². The molecule has 0 aliphatic carbocycles. The lowest BCUT2D eigenvalue weighted by Gasteiger charge is -2.53. The zero-order valence-electron chi connectivity index (χ0n) is 18.2. The minimum Gasteiger partial charge on any atom is -0.481 e. The van der Waals surface area contributed by atoms with Crippen LogP contribution < -0.4 is 10.6 Å². The van der Waals surface area contributed by atoms with Crippen LogP contribution in [0.4, 0.5) is 5.13 Å². The molecule has 2 aromatic heterocycles. The number of thioether (sulfide) groups is 2. The Morgan fingerprint density at radius 3 is 3.00 bits per heavy atom. The van der Waals surface area contributed by atoms with Gasteiger partial charge in [-0.2, -0.15) is 0 Å². The van der Waals surface area contributed by atoms with Crippen LogP contribution in [0.3, 0.4) is 0 Å². The molecule has 188 valence electrons. The van der Waals surface area contributed by atoms with E-state index in [0.29, 0.717) is 10.7 Å². The molecule has 4 rings (SSSR count). The Kier molecular flexibility index (Phi) is 8.08. The number of hydrogen-bond donors (Lipinski definition) is 3. The van der Waals surface area contributed by atoms with Gasteiger partial charge in [0.15, 0.2) is 21.8 Å². The van der Waals surface area contributed by atoms with Gasteiger partial charge in [0.25, 0.3) is 5.91 Å². The molecule has 2 fully saturated rings. The molecule has 2 aliphatic rings. The van der Waals surface area contributed by atoms with E-state index < -0.39 is 34.6 Å². The molecule has 0 bridgehead atoms. The van der Waals surface area contributed by atoms with Gasteiger partial charge in [0, 0.05) is 23.4 Å². The van der Waals surface area contributed by atoms with Crippen LogP contribution in [0.1, 0.15) is 5.69 Å². The van der Waals surface area contributed by atoms with Crippen molar-refractivity contribution >= 4 is 81.2 Å². The third-order valence-corrected chi connectivity index (χ3v) is 9.66. The number of terminal acetylenes is 1. The number of nitrogens with one attached hydrogen (secondary N) is 2. The zero-order valence-corrected chi connectivity index (χ0v) is 21.4. The van der Waals surface area contributed by atoms with Gasteiger partial charge in [-0.05, 0) is 0 Å². The van der Waals surface area contributed by atoms with Gasteiger partial charge in [0.2, 0.25) is 12.3 Å². The molecule has 13 nitrogen and oxygen atoms in total. The van der Waals surface area contributed by atoms with Crippen molar-refractivity contribution in [1.29, 1.82) is 0 Å². The number of aliphatic carboxylic acids is 1. The first-order chi connectivity index (χ1) is 17.4. The summed E-state index contributed by atoms with van der Waals surface area (Å²) in [6.07, 6.45) is 5.60. The van der Waals surface area contributed by atoms with E-state index in [9.17, 15) is 24.3 Å². The highest BCUT2D eigenvalue weighted by molar-refractivity contribution is 8.01. The fourth-order valence-electron chi connectivity index (χ4n) is 3.38. The molecule has 36 heavy (non-hydrogen) atoms. The van der Waals surface area contributed by atoms with Crippen molar-refractivity contribution in [2.45, 2.75) is 15.8 Å². The Morgan fingerprint density at radius 1 is 1.47 bits per heavy atom. The molecule has 2 aliphatic heterocycles. The average Bonchev–Trinajstić information content (AvgIpc) is 3.56. The fraction of sp³-hybridized carbons (Fsp3) is 0.368.